The van der Waals surface area contributed by atoms with Crippen LogP contribution in [0.1, 0.15) is 141 Å². The maximum Gasteiger partial charge on any atom is 0.336 e. The van der Waals surface area contributed by atoms with Gasteiger partial charge >= 0.3 is 11.9 Å². The van der Waals surface area contributed by atoms with Gasteiger partial charge in [0.2, 0.25) is 5.91 Å². The highest BCUT2D eigenvalue weighted by Gasteiger charge is 2.59. The number of thiocarbonyl (C=S) groups is 1. The van der Waals surface area contributed by atoms with Gasteiger partial charge in [-0.2, -0.15) is 0 Å². The lowest BCUT2D eigenvalue weighted by Crippen LogP contribution is -2.51. The Morgan fingerprint density at radius 3 is 2.26 bits per heavy atom. The molecule has 8 atom stereocenters. The van der Waals surface area contributed by atoms with Gasteiger partial charge < -0.3 is 49.5 Å². The highest BCUT2D eigenvalue weighted by Crippen LogP contribution is 2.67. The fourth-order valence-corrected chi connectivity index (χ4v) is 14.2. The van der Waals surface area contributed by atoms with Gasteiger partial charge in [0, 0.05) is 73.5 Å². The number of hydrogen-bond donors (Lipinski definition) is 5. The molecule has 2 aromatic rings. The van der Waals surface area contributed by atoms with E-state index in [-0.39, 0.29) is 58.7 Å². The maximum atomic E-state index is 12.9. The molecular formula is C62H83N3O11S. The Kier molecular flexibility index (Phi) is 19.9. The molecule has 14 nitrogen and oxygen atoms in total. The molecule has 1 aliphatic heterocycles. The van der Waals surface area contributed by atoms with Crippen LogP contribution < -0.4 is 21.4 Å². The highest BCUT2D eigenvalue weighted by atomic mass is 32.1. The molecule has 0 unspecified atom stereocenters. The summed E-state index contributed by atoms with van der Waals surface area (Å²) in [5, 5.41) is 30.3. The van der Waals surface area contributed by atoms with Gasteiger partial charge in [-0.25, -0.2) is 4.79 Å². The van der Waals surface area contributed by atoms with Crippen molar-refractivity contribution in [2.45, 2.75) is 137 Å². The normalized spacial score (nSPS) is 24.1. The Bertz CT molecular complexity index is 2760. The van der Waals surface area contributed by atoms with E-state index in [0.29, 0.717) is 109 Å². The number of amides is 1. The lowest BCUT2D eigenvalue weighted by molar-refractivity contribution is -0.152. The van der Waals surface area contributed by atoms with Crippen molar-refractivity contribution in [2.24, 2.45) is 46.3 Å². The summed E-state index contributed by atoms with van der Waals surface area (Å²) in [6.07, 6.45) is 17.5. The van der Waals surface area contributed by atoms with Crippen molar-refractivity contribution in [3.8, 4) is 28.2 Å². The number of aromatic hydroxyl groups is 1. The number of phenolic OH excluding ortho intramolecular Hbond substituents is 1. The van der Waals surface area contributed by atoms with Gasteiger partial charge in [-0.15, -0.1) is 0 Å². The molecule has 5 aliphatic carbocycles. The quantitative estimate of drug-likeness (QED) is 0.0131. The molecule has 77 heavy (non-hydrogen) atoms. The first-order valence-electron chi connectivity index (χ1n) is 28.5. The SMILES string of the molecule is CC(C)CCC[C@@H](C)[C@H]1CC[C@H]2[C@@H]3CC=C4C[C@@H](OC(=O)CCC(=O)NCCCOCCOCCOCCCNC(=S)Nc5ccc(-c6c7ccc(=O)cc-7oc7cc(O)ccc67)c(C(=O)O)c5)CC[C@]4(C)[C@H]3CC[C@]12C. The second-order valence-electron chi connectivity index (χ2n) is 23.3. The lowest BCUT2D eigenvalue weighted by Gasteiger charge is -2.58. The number of carboxylic acids is 1. The van der Waals surface area contributed by atoms with Gasteiger partial charge in [-0.05, 0) is 158 Å². The molecule has 1 amide bonds. The van der Waals surface area contributed by atoms with E-state index in [4.69, 9.17) is 35.6 Å². The van der Waals surface area contributed by atoms with Gasteiger partial charge in [0.1, 0.15) is 23.2 Å². The van der Waals surface area contributed by atoms with Crippen LogP contribution in [0.15, 0.2) is 75.5 Å². The summed E-state index contributed by atoms with van der Waals surface area (Å²) in [5.74, 6) is 3.45. The number of hydrogen-bond acceptors (Lipinski definition) is 11. The van der Waals surface area contributed by atoms with Crippen molar-refractivity contribution in [1.29, 1.82) is 0 Å². The molecule has 3 fully saturated rings. The first kappa shape index (κ1) is 57.8. The molecule has 3 saturated carbocycles. The van der Waals surface area contributed by atoms with Gasteiger partial charge in [0.25, 0.3) is 0 Å². The van der Waals surface area contributed by atoms with Crippen LogP contribution in [0, 0.1) is 46.3 Å². The summed E-state index contributed by atoms with van der Waals surface area (Å²) in [5.41, 5.74) is 4.25. The van der Waals surface area contributed by atoms with Gasteiger partial charge in [-0.3, -0.25) is 14.4 Å². The van der Waals surface area contributed by atoms with Gasteiger partial charge in [0.05, 0.1) is 38.4 Å². The van der Waals surface area contributed by atoms with Crippen LogP contribution in [0.3, 0.4) is 0 Å². The number of ether oxygens (including phenoxy) is 4. The minimum atomic E-state index is -1.15. The van der Waals surface area contributed by atoms with Crippen LogP contribution >= 0.6 is 12.2 Å². The van der Waals surface area contributed by atoms with Crippen molar-refractivity contribution in [2.75, 3.05) is 58.0 Å². The fraction of sp³-hybridized carbons (Fsp3) is 0.597. The zero-order valence-electron chi connectivity index (χ0n) is 46.1. The number of benzene rings is 3. The molecule has 0 spiro atoms. The van der Waals surface area contributed by atoms with Gasteiger partial charge in [0.15, 0.2) is 10.5 Å². The van der Waals surface area contributed by atoms with Crippen LogP contribution in [-0.4, -0.2) is 92.0 Å². The molecule has 8 rings (SSSR count). The molecule has 418 valence electrons. The molecular weight excluding hydrogens is 995 g/mol. The fourth-order valence-electron chi connectivity index (χ4n) is 14.0. The van der Waals surface area contributed by atoms with E-state index in [1.54, 1.807) is 24.3 Å². The van der Waals surface area contributed by atoms with Crippen LogP contribution in [0.5, 0.6) is 5.75 Å². The molecule has 15 heteroatoms. The number of anilines is 1. The molecule has 0 aromatic heterocycles. The van der Waals surface area contributed by atoms with Crippen molar-refractivity contribution in [3.63, 3.8) is 0 Å². The number of esters is 1. The molecule has 0 radical (unpaired) electrons. The Balaban J connectivity index is 0.633. The molecule has 0 bridgehead atoms. The molecule has 2 aromatic carbocycles. The van der Waals surface area contributed by atoms with Crippen LogP contribution in [0.2, 0.25) is 0 Å². The number of nitrogens with one attached hydrogen (secondary N) is 3. The van der Waals surface area contributed by atoms with Crippen LogP contribution in [0.4, 0.5) is 5.69 Å². The largest absolute Gasteiger partial charge is 0.508 e. The average molecular weight is 1080 g/mol. The molecule has 6 aliphatic rings. The summed E-state index contributed by atoms with van der Waals surface area (Å²) >= 11 is 5.47. The Morgan fingerprint density at radius 2 is 1.52 bits per heavy atom. The second kappa shape index (κ2) is 26.5. The Morgan fingerprint density at radius 1 is 0.792 bits per heavy atom. The lowest BCUT2D eigenvalue weighted by atomic mass is 9.47. The number of allylic oxidation sites excluding steroid dienone is 1. The zero-order valence-corrected chi connectivity index (χ0v) is 46.9. The average Bonchev–Trinajstić information content (AvgIpc) is 3.82. The minimum absolute atomic E-state index is 0.0117. The predicted molar refractivity (Wildman–Crippen MR) is 304 cm³/mol. The number of carbonyl (C=O) groups is 3. The minimum Gasteiger partial charge on any atom is -0.508 e. The summed E-state index contributed by atoms with van der Waals surface area (Å²) in [6.45, 7) is 16.0. The number of phenols is 1. The van der Waals surface area contributed by atoms with Gasteiger partial charge in [-0.1, -0.05) is 71.6 Å². The van der Waals surface area contributed by atoms with Crippen molar-refractivity contribution in [1.82, 2.24) is 10.6 Å². The first-order chi connectivity index (χ1) is 37.0. The van der Waals surface area contributed by atoms with E-state index in [0.717, 1.165) is 54.8 Å². The summed E-state index contributed by atoms with van der Waals surface area (Å²) in [6, 6.07) is 13.8. The number of carbonyl (C=O) groups excluding carboxylic acids is 2. The van der Waals surface area contributed by atoms with E-state index in [9.17, 15) is 29.4 Å². The maximum absolute atomic E-state index is 12.9. The summed E-state index contributed by atoms with van der Waals surface area (Å²) in [4.78, 5) is 50.2. The third kappa shape index (κ3) is 14.3. The van der Waals surface area contributed by atoms with E-state index in [2.05, 4.69) is 56.6 Å². The van der Waals surface area contributed by atoms with E-state index in [1.165, 1.54) is 87.3 Å². The van der Waals surface area contributed by atoms with E-state index < -0.39 is 5.97 Å². The molecule has 5 N–H and O–H groups in total. The Hall–Kier alpha value is -5.35. The predicted octanol–water partition coefficient (Wildman–Crippen LogP) is 11.9. The second-order valence-corrected chi connectivity index (χ2v) is 23.7. The third-order valence-electron chi connectivity index (χ3n) is 17.9. The van der Waals surface area contributed by atoms with Crippen LogP contribution in [-0.2, 0) is 28.5 Å². The monoisotopic (exact) mass is 1080 g/mol. The number of aromatic carboxylic acids is 1. The molecule has 1 heterocycles. The number of rotatable bonds is 26. The Labute approximate surface area is 460 Å². The summed E-state index contributed by atoms with van der Waals surface area (Å²) < 4.78 is 28.9. The van der Waals surface area contributed by atoms with Crippen molar-refractivity contribution >= 4 is 51.8 Å². The molecule has 0 saturated heterocycles. The smallest absolute Gasteiger partial charge is 0.336 e. The highest BCUT2D eigenvalue weighted by molar-refractivity contribution is 7.80. The first-order valence-corrected chi connectivity index (χ1v) is 29.0. The van der Waals surface area contributed by atoms with Crippen molar-refractivity contribution in [3.05, 3.63) is 82.0 Å². The van der Waals surface area contributed by atoms with E-state index >= 15 is 0 Å². The zero-order chi connectivity index (χ0) is 54.7. The topological polar surface area (TPSA) is 195 Å². The standard InChI is InChI=1S/C62H83N3O11S/c1-39(2)9-6-10-40(3)51-19-20-52-47-15-11-41-35-45(23-25-61(41,4)53(47)24-26-62(51,52)5)75-57(69)22-21-56(68)63-27-7-29-72-31-33-74-34-32-73-30-8-28-64-60(77)65-42-12-16-46(50(36-42)59(70)71)58-48-17-13-43(66)37-54(48)76-55-38-44(67)14-18-49(55)58/h11-14,16-18,36-40,45,47,51-53,66H,6-10,15,19-35H2,1-5H3,(H,63,68)(H,70,71)(H2,64,65,77)/t40-,45+,47+,51-,52+,53+,61+,62-/m1/s1. The number of carboxylic acid groups (broad SMARTS) is 1. The van der Waals surface area contributed by atoms with Crippen molar-refractivity contribution < 1.29 is 48.0 Å². The number of fused-ring (bicyclic) bond motifs is 7. The summed E-state index contributed by atoms with van der Waals surface area (Å²) in [7, 11) is 0. The van der Waals surface area contributed by atoms with Crippen LogP contribution in [0.25, 0.3) is 33.4 Å². The third-order valence-corrected chi connectivity index (χ3v) is 18.1. The van der Waals surface area contributed by atoms with E-state index in [1.807, 2.05) is 0 Å².